The van der Waals surface area contributed by atoms with Gasteiger partial charge >= 0.3 is 0 Å². The summed E-state index contributed by atoms with van der Waals surface area (Å²) in [5.74, 6) is 4.74. The van der Waals surface area contributed by atoms with Gasteiger partial charge in [0, 0.05) is 30.0 Å². The lowest BCUT2D eigenvalue weighted by Gasteiger charge is -2.14. The minimum absolute atomic E-state index is 0.0595. The van der Waals surface area contributed by atoms with E-state index >= 15 is 0 Å². The van der Waals surface area contributed by atoms with Gasteiger partial charge in [-0.15, -0.1) is 0 Å². The van der Waals surface area contributed by atoms with Crippen LogP contribution in [0.5, 0.6) is 5.75 Å². The number of nitrogens with zero attached hydrogens (tertiary/aromatic N) is 2. The molecule has 0 saturated carbocycles. The average Bonchev–Trinajstić information content (AvgIpc) is 3.13. The standard InChI is InChI=1S/C16H17N3OS/c1-2-17-15-11-8-21-9-12(11)18-16(19-15)14-7-10-5-3-4-6-13(10)20-14/h3-6,14H,2,7-9H2,1H3,(H,17,18,19). The van der Waals surface area contributed by atoms with E-state index in [1.165, 1.54) is 16.8 Å². The number of ether oxygens (including phenoxy) is 1. The lowest BCUT2D eigenvalue weighted by Crippen LogP contribution is -2.14. The quantitative estimate of drug-likeness (QED) is 0.942. The Morgan fingerprint density at radius 1 is 1.29 bits per heavy atom. The first-order valence-corrected chi connectivity index (χ1v) is 8.46. The molecule has 0 amide bonds. The third kappa shape index (κ3) is 2.25. The molecule has 0 bridgehead atoms. The predicted molar refractivity (Wildman–Crippen MR) is 84.7 cm³/mol. The largest absolute Gasteiger partial charge is 0.482 e. The van der Waals surface area contributed by atoms with E-state index in [2.05, 4.69) is 24.4 Å². The van der Waals surface area contributed by atoms with Crippen LogP contribution >= 0.6 is 11.8 Å². The van der Waals surface area contributed by atoms with E-state index in [1.54, 1.807) is 0 Å². The molecule has 0 spiro atoms. The van der Waals surface area contributed by atoms with Crippen LogP contribution in [0.4, 0.5) is 5.82 Å². The number of hydrogen-bond acceptors (Lipinski definition) is 5. The molecule has 1 aromatic carbocycles. The van der Waals surface area contributed by atoms with Crippen LogP contribution in [-0.4, -0.2) is 16.5 Å². The number of fused-ring (bicyclic) bond motifs is 2. The highest BCUT2D eigenvalue weighted by atomic mass is 32.2. The highest BCUT2D eigenvalue weighted by Crippen LogP contribution is 2.38. The summed E-state index contributed by atoms with van der Waals surface area (Å²) < 4.78 is 6.03. The van der Waals surface area contributed by atoms with E-state index in [0.29, 0.717) is 0 Å². The van der Waals surface area contributed by atoms with Gasteiger partial charge in [-0.25, -0.2) is 9.97 Å². The van der Waals surface area contributed by atoms with Gasteiger partial charge in [0.1, 0.15) is 11.6 Å². The maximum atomic E-state index is 6.03. The minimum Gasteiger partial charge on any atom is -0.482 e. The van der Waals surface area contributed by atoms with Gasteiger partial charge in [0.05, 0.1) is 5.69 Å². The first-order valence-electron chi connectivity index (χ1n) is 7.31. The third-order valence-electron chi connectivity index (χ3n) is 3.87. The molecule has 3 heterocycles. The fourth-order valence-corrected chi connectivity index (χ4v) is 3.90. The zero-order valence-electron chi connectivity index (χ0n) is 11.9. The predicted octanol–water partition coefficient (Wildman–Crippen LogP) is 3.33. The number of rotatable bonds is 3. The summed E-state index contributed by atoms with van der Waals surface area (Å²) >= 11 is 1.90. The van der Waals surface area contributed by atoms with Gasteiger partial charge in [-0.1, -0.05) is 18.2 Å². The van der Waals surface area contributed by atoms with Gasteiger partial charge in [0.25, 0.3) is 0 Å². The maximum Gasteiger partial charge on any atom is 0.172 e. The molecule has 4 rings (SSSR count). The van der Waals surface area contributed by atoms with Crippen molar-refractivity contribution in [3.8, 4) is 5.75 Å². The molecule has 1 aromatic heterocycles. The Kier molecular flexibility index (Phi) is 3.22. The topological polar surface area (TPSA) is 47.0 Å². The number of nitrogens with one attached hydrogen (secondary N) is 1. The van der Waals surface area contributed by atoms with Crippen molar-refractivity contribution in [3.05, 3.63) is 46.9 Å². The molecule has 0 saturated heterocycles. The highest BCUT2D eigenvalue weighted by Gasteiger charge is 2.29. The second-order valence-corrected chi connectivity index (χ2v) is 6.28. The van der Waals surface area contributed by atoms with Gasteiger partial charge < -0.3 is 10.1 Å². The molecule has 0 aliphatic carbocycles. The van der Waals surface area contributed by atoms with E-state index in [1.807, 2.05) is 23.9 Å². The van der Waals surface area contributed by atoms with Gasteiger partial charge in [-0.05, 0) is 18.6 Å². The number of aromatic nitrogens is 2. The Bertz CT molecular complexity index is 664. The van der Waals surface area contributed by atoms with Crippen LogP contribution in [0.25, 0.3) is 0 Å². The van der Waals surface area contributed by atoms with Crippen LogP contribution in [-0.2, 0) is 17.9 Å². The first kappa shape index (κ1) is 13.0. The van der Waals surface area contributed by atoms with E-state index in [9.17, 15) is 0 Å². The molecule has 2 aliphatic heterocycles. The van der Waals surface area contributed by atoms with E-state index in [0.717, 1.165) is 41.9 Å². The summed E-state index contributed by atoms with van der Waals surface area (Å²) in [6.07, 6.45) is 0.795. The molecule has 1 atom stereocenters. The van der Waals surface area contributed by atoms with Crippen molar-refractivity contribution in [3.63, 3.8) is 0 Å². The molecular weight excluding hydrogens is 282 g/mol. The second-order valence-electron chi connectivity index (χ2n) is 5.30. The van der Waals surface area contributed by atoms with Gasteiger partial charge in [0.15, 0.2) is 11.9 Å². The van der Waals surface area contributed by atoms with Crippen LogP contribution in [0.1, 0.15) is 35.7 Å². The van der Waals surface area contributed by atoms with Crippen LogP contribution in [0.3, 0.4) is 0 Å². The highest BCUT2D eigenvalue weighted by molar-refractivity contribution is 7.98. The molecule has 108 valence electrons. The van der Waals surface area contributed by atoms with Crippen LogP contribution in [0.2, 0.25) is 0 Å². The molecule has 2 aliphatic rings. The van der Waals surface area contributed by atoms with Crippen LogP contribution in [0, 0.1) is 0 Å². The Hall–Kier alpha value is -1.75. The third-order valence-corrected chi connectivity index (χ3v) is 4.84. The van der Waals surface area contributed by atoms with Crippen molar-refractivity contribution >= 4 is 17.6 Å². The number of thioether (sulfide) groups is 1. The summed E-state index contributed by atoms with van der Waals surface area (Å²) in [4.78, 5) is 9.50. The van der Waals surface area contributed by atoms with E-state index in [-0.39, 0.29) is 6.10 Å². The molecule has 1 unspecified atom stereocenters. The number of anilines is 1. The molecule has 5 heteroatoms. The second kappa shape index (κ2) is 5.22. The fraction of sp³-hybridized carbons (Fsp3) is 0.375. The van der Waals surface area contributed by atoms with Crippen molar-refractivity contribution in [2.45, 2.75) is 31.0 Å². The summed E-state index contributed by atoms with van der Waals surface area (Å²) in [7, 11) is 0. The lowest BCUT2D eigenvalue weighted by atomic mass is 10.1. The summed E-state index contributed by atoms with van der Waals surface area (Å²) in [5.41, 5.74) is 3.67. The van der Waals surface area contributed by atoms with Gasteiger partial charge in [-0.3, -0.25) is 0 Å². The summed E-state index contributed by atoms with van der Waals surface area (Å²) in [6, 6.07) is 8.19. The smallest absolute Gasteiger partial charge is 0.172 e. The first-order chi connectivity index (χ1) is 10.3. The SMILES string of the molecule is CCNc1nc(C2Cc3ccccc3O2)nc2c1CSC2. The number of para-hydroxylation sites is 1. The normalized spacial score (nSPS) is 19.0. The summed E-state index contributed by atoms with van der Waals surface area (Å²) in [6.45, 7) is 2.97. The lowest BCUT2D eigenvalue weighted by molar-refractivity contribution is 0.227. The minimum atomic E-state index is -0.0595. The Morgan fingerprint density at radius 2 is 2.19 bits per heavy atom. The molecule has 0 radical (unpaired) electrons. The number of benzene rings is 1. The Morgan fingerprint density at radius 3 is 3.05 bits per heavy atom. The van der Waals surface area contributed by atoms with Crippen molar-refractivity contribution in [1.82, 2.24) is 9.97 Å². The van der Waals surface area contributed by atoms with E-state index in [4.69, 9.17) is 14.7 Å². The number of hydrogen-bond donors (Lipinski definition) is 1. The average molecular weight is 299 g/mol. The molecule has 0 fully saturated rings. The van der Waals surface area contributed by atoms with Crippen LogP contribution < -0.4 is 10.1 Å². The van der Waals surface area contributed by atoms with E-state index < -0.39 is 0 Å². The van der Waals surface area contributed by atoms with Crippen molar-refractivity contribution in [1.29, 1.82) is 0 Å². The molecule has 21 heavy (non-hydrogen) atoms. The molecule has 4 nitrogen and oxygen atoms in total. The zero-order valence-corrected chi connectivity index (χ0v) is 12.7. The zero-order chi connectivity index (χ0) is 14.2. The molecule has 2 aromatic rings. The molecular formula is C16H17N3OS. The van der Waals surface area contributed by atoms with Gasteiger partial charge in [0.2, 0.25) is 0 Å². The molecule has 1 N–H and O–H groups in total. The van der Waals surface area contributed by atoms with Crippen molar-refractivity contribution < 1.29 is 4.74 Å². The maximum absolute atomic E-state index is 6.03. The van der Waals surface area contributed by atoms with Crippen molar-refractivity contribution in [2.24, 2.45) is 0 Å². The van der Waals surface area contributed by atoms with Crippen LogP contribution in [0.15, 0.2) is 24.3 Å². The van der Waals surface area contributed by atoms with Crippen molar-refractivity contribution in [2.75, 3.05) is 11.9 Å². The van der Waals surface area contributed by atoms with Gasteiger partial charge in [-0.2, -0.15) is 11.8 Å². The fourth-order valence-electron chi connectivity index (χ4n) is 2.85. The Balaban J connectivity index is 1.69. The Labute approximate surface area is 128 Å². The summed E-state index contributed by atoms with van der Waals surface area (Å²) in [5, 5.41) is 3.37. The monoisotopic (exact) mass is 299 g/mol.